The molecular formula is C14H15ClN2O2. The van der Waals surface area contributed by atoms with Crippen LogP contribution in [-0.2, 0) is 4.79 Å². The SMILES string of the molecule is CC(C)CNC(=O)C(=O)c1c[nH]c2ccc(Cl)cc12. The number of rotatable bonds is 4. The maximum absolute atomic E-state index is 12.1. The number of carbonyl (C=O) groups is 2. The van der Waals surface area contributed by atoms with Gasteiger partial charge in [0.1, 0.15) is 0 Å². The second-order valence-corrected chi connectivity index (χ2v) is 5.26. The molecule has 19 heavy (non-hydrogen) atoms. The molecule has 2 rings (SSSR count). The number of halogens is 1. The van der Waals surface area contributed by atoms with Crippen LogP contribution in [0.15, 0.2) is 24.4 Å². The Labute approximate surface area is 116 Å². The largest absolute Gasteiger partial charge is 0.360 e. The molecule has 0 radical (unpaired) electrons. The predicted octanol–water partition coefficient (Wildman–Crippen LogP) is 2.78. The Morgan fingerprint density at radius 3 is 2.79 bits per heavy atom. The zero-order chi connectivity index (χ0) is 14.0. The van der Waals surface area contributed by atoms with Crippen molar-refractivity contribution in [2.75, 3.05) is 6.54 Å². The number of hydrogen-bond donors (Lipinski definition) is 2. The van der Waals surface area contributed by atoms with Crippen molar-refractivity contribution < 1.29 is 9.59 Å². The van der Waals surface area contributed by atoms with E-state index in [4.69, 9.17) is 11.6 Å². The molecule has 0 aliphatic carbocycles. The number of H-pyrrole nitrogens is 1. The number of nitrogens with one attached hydrogen (secondary N) is 2. The Morgan fingerprint density at radius 2 is 2.11 bits per heavy atom. The number of carbonyl (C=O) groups excluding carboxylic acids is 2. The number of hydrogen-bond acceptors (Lipinski definition) is 2. The summed E-state index contributed by atoms with van der Waals surface area (Å²) in [6, 6.07) is 5.18. The van der Waals surface area contributed by atoms with Crippen LogP contribution in [0.1, 0.15) is 24.2 Å². The monoisotopic (exact) mass is 278 g/mol. The van der Waals surface area contributed by atoms with Crippen molar-refractivity contribution in [2.45, 2.75) is 13.8 Å². The standard InChI is InChI=1S/C14H15ClN2O2/c1-8(2)6-17-14(19)13(18)11-7-16-12-4-3-9(15)5-10(11)12/h3-5,7-8,16H,6H2,1-2H3,(H,17,19). The Balaban J connectivity index is 2.26. The summed E-state index contributed by atoms with van der Waals surface area (Å²) >= 11 is 5.91. The fourth-order valence-electron chi connectivity index (χ4n) is 1.78. The molecule has 0 spiro atoms. The van der Waals surface area contributed by atoms with Crippen LogP contribution < -0.4 is 5.32 Å². The van der Waals surface area contributed by atoms with Gasteiger partial charge in [-0.15, -0.1) is 0 Å². The lowest BCUT2D eigenvalue weighted by atomic mass is 10.1. The average molecular weight is 279 g/mol. The van der Waals surface area contributed by atoms with Crippen LogP contribution in [0, 0.1) is 5.92 Å². The van der Waals surface area contributed by atoms with Crippen molar-refractivity contribution in [1.82, 2.24) is 10.3 Å². The molecule has 4 nitrogen and oxygen atoms in total. The maximum Gasteiger partial charge on any atom is 0.292 e. The fraction of sp³-hybridized carbons (Fsp3) is 0.286. The van der Waals surface area contributed by atoms with E-state index < -0.39 is 11.7 Å². The first-order valence-electron chi connectivity index (χ1n) is 6.08. The molecule has 1 aromatic heterocycles. The van der Waals surface area contributed by atoms with Gasteiger partial charge >= 0.3 is 0 Å². The van der Waals surface area contributed by atoms with Crippen molar-refractivity contribution in [3.05, 3.63) is 35.0 Å². The molecule has 100 valence electrons. The number of fused-ring (bicyclic) bond motifs is 1. The van der Waals surface area contributed by atoms with Gasteiger partial charge in [-0.3, -0.25) is 9.59 Å². The van der Waals surface area contributed by atoms with E-state index in [-0.39, 0.29) is 0 Å². The van der Waals surface area contributed by atoms with Crippen LogP contribution in [0.3, 0.4) is 0 Å². The lowest BCUT2D eigenvalue weighted by Crippen LogP contribution is -2.33. The summed E-state index contributed by atoms with van der Waals surface area (Å²) in [5.74, 6) is -0.835. The lowest BCUT2D eigenvalue weighted by Gasteiger charge is -2.06. The second kappa shape index (κ2) is 5.45. The van der Waals surface area contributed by atoms with Crippen LogP contribution in [-0.4, -0.2) is 23.2 Å². The molecule has 0 bridgehead atoms. The maximum atomic E-state index is 12.1. The lowest BCUT2D eigenvalue weighted by molar-refractivity contribution is -0.117. The van der Waals surface area contributed by atoms with E-state index in [2.05, 4.69) is 10.3 Å². The van der Waals surface area contributed by atoms with Gasteiger partial charge < -0.3 is 10.3 Å². The predicted molar refractivity (Wildman–Crippen MR) is 75.5 cm³/mol. The minimum absolute atomic E-state index is 0.300. The van der Waals surface area contributed by atoms with Gasteiger partial charge in [0.15, 0.2) is 0 Å². The fourth-order valence-corrected chi connectivity index (χ4v) is 1.95. The van der Waals surface area contributed by atoms with Gasteiger partial charge in [-0.25, -0.2) is 0 Å². The van der Waals surface area contributed by atoms with Gasteiger partial charge in [0.25, 0.3) is 11.7 Å². The van der Waals surface area contributed by atoms with E-state index in [0.29, 0.717) is 28.4 Å². The number of Topliss-reactive ketones (excluding diaryl/α,β-unsaturated/α-hetero) is 1. The molecule has 1 heterocycles. The van der Waals surface area contributed by atoms with E-state index in [1.165, 1.54) is 6.20 Å². The number of ketones is 1. The highest BCUT2D eigenvalue weighted by Gasteiger charge is 2.19. The van der Waals surface area contributed by atoms with Gasteiger partial charge in [-0.2, -0.15) is 0 Å². The van der Waals surface area contributed by atoms with Crippen molar-refractivity contribution in [2.24, 2.45) is 5.92 Å². The first-order valence-corrected chi connectivity index (χ1v) is 6.46. The Bertz CT molecular complexity index is 631. The van der Waals surface area contributed by atoms with E-state index in [1.807, 2.05) is 13.8 Å². The smallest absolute Gasteiger partial charge is 0.292 e. The molecule has 5 heteroatoms. The van der Waals surface area contributed by atoms with Crippen LogP contribution in [0.2, 0.25) is 5.02 Å². The van der Waals surface area contributed by atoms with E-state index in [1.54, 1.807) is 18.2 Å². The van der Waals surface area contributed by atoms with Crippen LogP contribution in [0.5, 0.6) is 0 Å². The van der Waals surface area contributed by atoms with E-state index in [0.717, 1.165) is 5.52 Å². The van der Waals surface area contributed by atoms with Crippen LogP contribution >= 0.6 is 11.6 Å². The molecule has 0 aliphatic heterocycles. The molecule has 0 unspecified atom stereocenters. The third kappa shape index (κ3) is 2.96. The molecular weight excluding hydrogens is 264 g/mol. The highest BCUT2D eigenvalue weighted by atomic mass is 35.5. The van der Waals surface area contributed by atoms with Gasteiger partial charge in [0, 0.05) is 28.7 Å². The molecule has 0 atom stereocenters. The molecule has 2 aromatic rings. The van der Waals surface area contributed by atoms with Crippen molar-refractivity contribution in [1.29, 1.82) is 0 Å². The van der Waals surface area contributed by atoms with Crippen LogP contribution in [0.4, 0.5) is 0 Å². The molecule has 2 N–H and O–H groups in total. The van der Waals surface area contributed by atoms with Gasteiger partial charge in [0.2, 0.25) is 0 Å². The zero-order valence-corrected chi connectivity index (χ0v) is 11.5. The summed E-state index contributed by atoms with van der Waals surface area (Å²) in [7, 11) is 0. The average Bonchev–Trinajstić information content (AvgIpc) is 2.77. The molecule has 0 fully saturated rings. The van der Waals surface area contributed by atoms with Gasteiger partial charge in [-0.05, 0) is 24.1 Å². The summed E-state index contributed by atoms with van der Waals surface area (Å²) in [6.45, 7) is 4.42. The highest BCUT2D eigenvalue weighted by Crippen LogP contribution is 2.22. The first kappa shape index (κ1) is 13.6. The number of aromatic amines is 1. The minimum atomic E-state index is -0.588. The van der Waals surface area contributed by atoms with Crippen molar-refractivity contribution in [3.63, 3.8) is 0 Å². The Morgan fingerprint density at radius 1 is 1.37 bits per heavy atom. The molecule has 1 amide bonds. The number of benzene rings is 1. The van der Waals surface area contributed by atoms with E-state index in [9.17, 15) is 9.59 Å². The van der Waals surface area contributed by atoms with Crippen LogP contribution in [0.25, 0.3) is 10.9 Å². The quantitative estimate of drug-likeness (QED) is 0.667. The molecule has 0 aliphatic rings. The Hall–Kier alpha value is -1.81. The Kier molecular flexibility index (Phi) is 3.90. The van der Waals surface area contributed by atoms with Gasteiger partial charge in [0.05, 0.1) is 5.56 Å². The molecule has 0 saturated heterocycles. The third-order valence-electron chi connectivity index (χ3n) is 2.77. The topological polar surface area (TPSA) is 62.0 Å². The number of amides is 1. The summed E-state index contributed by atoms with van der Waals surface area (Å²) in [4.78, 5) is 26.8. The zero-order valence-electron chi connectivity index (χ0n) is 10.8. The highest BCUT2D eigenvalue weighted by molar-refractivity contribution is 6.45. The normalized spacial score (nSPS) is 10.9. The summed E-state index contributed by atoms with van der Waals surface area (Å²) < 4.78 is 0. The van der Waals surface area contributed by atoms with Crippen molar-refractivity contribution >= 4 is 34.2 Å². The summed E-state index contributed by atoms with van der Waals surface area (Å²) in [5, 5.41) is 3.81. The summed E-state index contributed by atoms with van der Waals surface area (Å²) in [6.07, 6.45) is 1.54. The summed E-state index contributed by atoms with van der Waals surface area (Å²) in [5.41, 5.74) is 1.13. The van der Waals surface area contributed by atoms with E-state index >= 15 is 0 Å². The number of aromatic nitrogens is 1. The third-order valence-corrected chi connectivity index (χ3v) is 3.00. The first-order chi connectivity index (χ1) is 8.99. The van der Waals surface area contributed by atoms with Crippen molar-refractivity contribution in [3.8, 4) is 0 Å². The molecule has 1 aromatic carbocycles. The van der Waals surface area contributed by atoms with Gasteiger partial charge in [-0.1, -0.05) is 25.4 Å². The molecule has 0 saturated carbocycles. The minimum Gasteiger partial charge on any atom is -0.360 e. The second-order valence-electron chi connectivity index (χ2n) is 4.83.